The highest BCUT2D eigenvalue weighted by molar-refractivity contribution is 6.39. The maximum atomic E-state index is 13.2. The maximum Gasteiger partial charge on any atom is 0.313 e. The van der Waals surface area contributed by atoms with Crippen molar-refractivity contribution in [3.8, 4) is 0 Å². The fourth-order valence-corrected chi connectivity index (χ4v) is 2.29. The number of hydrogen-bond donors (Lipinski definition) is 2. The highest BCUT2D eigenvalue weighted by atomic mass is 19.1. The van der Waals surface area contributed by atoms with E-state index in [1.165, 1.54) is 12.1 Å². The average molecular weight is 312 g/mol. The van der Waals surface area contributed by atoms with Gasteiger partial charge in [-0.3, -0.25) is 14.3 Å². The third-order valence-corrected chi connectivity index (χ3v) is 3.34. The minimum Gasteiger partial charge on any atom is -0.361 e. The molecule has 0 bridgehead atoms. The van der Waals surface area contributed by atoms with Gasteiger partial charge in [0.25, 0.3) is 0 Å². The van der Waals surface area contributed by atoms with Gasteiger partial charge in [0.05, 0.1) is 18.3 Å². The number of carbonyl (C=O) groups excluding carboxylic acids is 2. The topological polar surface area (TPSA) is 90.0 Å². The molecule has 0 aliphatic rings. The Balaban J connectivity index is 1.87. The van der Waals surface area contributed by atoms with Crippen LogP contribution in [0.25, 0.3) is 10.9 Å². The van der Waals surface area contributed by atoms with Crippen LogP contribution in [-0.2, 0) is 16.1 Å². The van der Waals surface area contributed by atoms with Crippen molar-refractivity contribution in [3.63, 3.8) is 0 Å². The van der Waals surface area contributed by atoms with Gasteiger partial charge in [0.2, 0.25) is 0 Å². The van der Waals surface area contributed by atoms with Crippen LogP contribution in [0.4, 0.5) is 10.1 Å². The van der Waals surface area contributed by atoms with Crippen molar-refractivity contribution in [1.82, 2.24) is 9.78 Å². The van der Waals surface area contributed by atoms with Gasteiger partial charge in [-0.25, -0.2) is 4.39 Å². The van der Waals surface area contributed by atoms with E-state index in [-0.39, 0.29) is 5.82 Å². The summed E-state index contributed by atoms with van der Waals surface area (Å²) in [5, 5.41) is 7.45. The van der Waals surface area contributed by atoms with Gasteiger partial charge < -0.3 is 11.1 Å². The first-order chi connectivity index (χ1) is 11.0. The minimum absolute atomic E-state index is 0.296. The van der Waals surface area contributed by atoms with Crippen molar-refractivity contribution >= 4 is 28.4 Å². The van der Waals surface area contributed by atoms with Crippen LogP contribution in [0, 0.1) is 5.82 Å². The van der Waals surface area contributed by atoms with E-state index in [4.69, 9.17) is 5.73 Å². The highest BCUT2D eigenvalue weighted by Crippen LogP contribution is 2.20. The summed E-state index contributed by atoms with van der Waals surface area (Å²) in [5.74, 6) is -2.22. The predicted octanol–water partition coefficient (Wildman–Crippen LogP) is 1.65. The fraction of sp³-hybridized carbons (Fsp3) is 0.0625. The first kappa shape index (κ1) is 14.7. The number of nitrogens with zero attached hydrogens (tertiary/aromatic N) is 2. The van der Waals surface area contributed by atoms with Crippen molar-refractivity contribution in [2.24, 2.45) is 5.73 Å². The molecule has 0 unspecified atom stereocenters. The lowest BCUT2D eigenvalue weighted by Crippen LogP contribution is -2.29. The molecule has 3 N–H and O–H groups in total. The Hall–Kier alpha value is -3.22. The molecule has 0 aliphatic heterocycles. The van der Waals surface area contributed by atoms with E-state index in [2.05, 4.69) is 10.4 Å². The number of carbonyl (C=O) groups is 2. The second kappa shape index (κ2) is 5.88. The van der Waals surface area contributed by atoms with E-state index in [1.54, 1.807) is 35.1 Å². The third kappa shape index (κ3) is 3.18. The zero-order valence-corrected chi connectivity index (χ0v) is 12.0. The minimum atomic E-state index is -1.05. The average Bonchev–Trinajstić information content (AvgIpc) is 2.89. The number of fused-ring (bicyclic) bond motifs is 1. The van der Waals surface area contributed by atoms with Gasteiger partial charge in [-0.15, -0.1) is 0 Å². The molecule has 0 saturated carbocycles. The van der Waals surface area contributed by atoms with Crippen LogP contribution < -0.4 is 11.1 Å². The SMILES string of the molecule is NC(=O)C(=O)Nc1ccc2c(cnn2Cc2cccc(F)c2)c1. The number of hydrogen-bond acceptors (Lipinski definition) is 3. The largest absolute Gasteiger partial charge is 0.361 e. The smallest absolute Gasteiger partial charge is 0.313 e. The van der Waals surface area contributed by atoms with E-state index in [9.17, 15) is 14.0 Å². The van der Waals surface area contributed by atoms with Crippen molar-refractivity contribution in [1.29, 1.82) is 0 Å². The highest BCUT2D eigenvalue weighted by Gasteiger charge is 2.10. The number of amides is 2. The number of rotatable bonds is 3. The lowest BCUT2D eigenvalue weighted by atomic mass is 10.2. The number of nitrogens with one attached hydrogen (secondary N) is 1. The number of halogens is 1. The Morgan fingerprint density at radius 3 is 2.78 bits per heavy atom. The summed E-state index contributed by atoms with van der Waals surface area (Å²) in [6, 6.07) is 11.4. The Kier molecular flexibility index (Phi) is 3.76. The van der Waals surface area contributed by atoms with E-state index in [1.807, 2.05) is 6.07 Å². The summed E-state index contributed by atoms with van der Waals surface area (Å²) in [5.41, 5.74) is 6.97. The molecular weight excluding hydrogens is 299 g/mol. The molecule has 0 radical (unpaired) electrons. The quantitative estimate of drug-likeness (QED) is 0.721. The molecule has 0 fully saturated rings. The van der Waals surface area contributed by atoms with Crippen LogP contribution in [0.3, 0.4) is 0 Å². The molecule has 2 amide bonds. The van der Waals surface area contributed by atoms with Crippen molar-refractivity contribution in [2.75, 3.05) is 5.32 Å². The van der Waals surface area contributed by atoms with Crippen molar-refractivity contribution in [3.05, 3.63) is 60.0 Å². The first-order valence-corrected chi connectivity index (χ1v) is 6.84. The standard InChI is InChI=1S/C16H13FN4O2/c17-12-3-1-2-10(6-12)9-21-14-5-4-13(7-11(14)8-19-21)20-16(23)15(18)22/h1-8H,9H2,(H2,18,22)(H,20,23). The molecule has 1 aromatic heterocycles. The zero-order valence-electron chi connectivity index (χ0n) is 12.0. The van der Waals surface area contributed by atoms with E-state index in [0.717, 1.165) is 16.5 Å². The van der Waals surface area contributed by atoms with Crippen LogP contribution in [0.5, 0.6) is 0 Å². The molecule has 0 atom stereocenters. The lowest BCUT2D eigenvalue weighted by molar-refractivity contribution is -0.134. The predicted molar refractivity (Wildman–Crippen MR) is 83.1 cm³/mol. The van der Waals surface area contributed by atoms with Crippen LogP contribution in [0.2, 0.25) is 0 Å². The van der Waals surface area contributed by atoms with Gasteiger partial charge in [-0.05, 0) is 35.9 Å². The summed E-state index contributed by atoms with van der Waals surface area (Å²) in [6.45, 7) is 0.425. The van der Waals surface area contributed by atoms with Crippen molar-refractivity contribution < 1.29 is 14.0 Å². The molecule has 0 aliphatic carbocycles. The summed E-state index contributed by atoms with van der Waals surface area (Å²) >= 11 is 0. The maximum absolute atomic E-state index is 13.2. The van der Waals surface area contributed by atoms with Crippen LogP contribution in [0.15, 0.2) is 48.7 Å². The number of benzene rings is 2. The molecule has 2 aromatic carbocycles. The Labute approximate surface area is 130 Å². The Bertz CT molecular complexity index is 904. The number of nitrogens with two attached hydrogens (primary N) is 1. The lowest BCUT2D eigenvalue weighted by Gasteiger charge is -2.06. The van der Waals surface area contributed by atoms with Gasteiger partial charge in [-0.2, -0.15) is 5.10 Å². The molecule has 3 rings (SSSR count). The van der Waals surface area contributed by atoms with E-state index < -0.39 is 11.8 Å². The monoisotopic (exact) mass is 312 g/mol. The summed E-state index contributed by atoms with van der Waals surface area (Å²) in [6.07, 6.45) is 1.63. The van der Waals surface area contributed by atoms with Gasteiger partial charge in [0, 0.05) is 11.1 Å². The van der Waals surface area contributed by atoms with Crippen LogP contribution in [-0.4, -0.2) is 21.6 Å². The number of aromatic nitrogens is 2. The Morgan fingerprint density at radius 2 is 2.04 bits per heavy atom. The second-order valence-corrected chi connectivity index (χ2v) is 5.02. The second-order valence-electron chi connectivity index (χ2n) is 5.02. The molecular formula is C16H13FN4O2. The van der Waals surface area contributed by atoms with Crippen LogP contribution >= 0.6 is 0 Å². The number of primary amides is 1. The molecule has 7 heteroatoms. The van der Waals surface area contributed by atoms with Gasteiger partial charge in [0.1, 0.15) is 5.82 Å². The van der Waals surface area contributed by atoms with Crippen LogP contribution in [0.1, 0.15) is 5.56 Å². The molecule has 6 nitrogen and oxygen atoms in total. The summed E-state index contributed by atoms with van der Waals surface area (Å²) in [7, 11) is 0. The Morgan fingerprint density at radius 1 is 1.22 bits per heavy atom. The van der Waals surface area contributed by atoms with Gasteiger partial charge in [0.15, 0.2) is 0 Å². The van der Waals surface area contributed by atoms with Gasteiger partial charge >= 0.3 is 11.8 Å². The fourth-order valence-electron chi connectivity index (χ4n) is 2.29. The number of anilines is 1. The molecule has 0 spiro atoms. The molecule has 23 heavy (non-hydrogen) atoms. The molecule has 3 aromatic rings. The summed E-state index contributed by atoms with van der Waals surface area (Å²) < 4.78 is 15.0. The first-order valence-electron chi connectivity index (χ1n) is 6.84. The van der Waals surface area contributed by atoms with E-state index >= 15 is 0 Å². The van der Waals surface area contributed by atoms with Gasteiger partial charge in [-0.1, -0.05) is 12.1 Å². The summed E-state index contributed by atoms with van der Waals surface area (Å²) in [4.78, 5) is 22.0. The normalized spacial score (nSPS) is 10.7. The van der Waals surface area contributed by atoms with Crippen molar-refractivity contribution in [2.45, 2.75) is 6.54 Å². The molecule has 1 heterocycles. The molecule has 0 saturated heterocycles. The zero-order chi connectivity index (χ0) is 16.4. The molecule has 116 valence electrons. The van der Waals surface area contributed by atoms with E-state index in [0.29, 0.717) is 12.2 Å². The third-order valence-electron chi connectivity index (χ3n) is 3.34.